The molecule has 0 saturated heterocycles. The maximum absolute atomic E-state index is 4.33. The normalized spacial score (nSPS) is 17.0. The maximum Gasteiger partial charge on any atom is 0.191 e. The average Bonchev–Trinajstić information content (AvgIpc) is 2.46. The summed E-state index contributed by atoms with van der Waals surface area (Å²) >= 11 is 0. The Morgan fingerprint density at radius 2 is 1.86 bits per heavy atom. The number of nitrogens with one attached hydrogen (secondary N) is 2. The zero-order valence-electron chi connectivity index (χ0n) is 14.3. The van der Waals surface area contributed by atoms with Crippen molar-refractivity contribution in [2.45, 2.75) is 70.9 Å². The number of guanidine groups is 1. The van der Waals surface area contributed by atoms with Gasteiger partial charge in [0, 0.05) is 25.7 Å². The maximum atomic E-state index is 4.33. The highest BCUT2D eigenvalue weighted by Crippen LogP contribution is 2.17. The minimum Gasteiger partial charge on any atom is -0.356 e. The molecule has 4 nitrogen and oxygen atoms in total. The van der Waals surface area contributed by atoms with Gasteiger partial charge in [-0.05, 0) is 53.1 Å². The predicted octanol–water partition coefficient (Wildman–Crippen LogP) is 3.22. The molecule has 1 rings (SSSR count). The van der Waals surface area contributed by atoms with E-state index in [9.17, 15) is 0 Å². The van der Waals surface area contributed by atoms with Crippen LogP contribution >= 0.6 is 24.0 Å². The van der Waals surface area contributed by atoms with E-state index in [0.29, 0.717) is 12.1 Å². The Morgan fingerprint density at radius 1 is 1.19 bits per heavy atom. The molecule has 0 aromatic rings. The minimum absolute atomic E-state index is 0. The molecule has 0 atom stereocenters. The Balaban J connectivity index is 0.00000400. The SMILES string of the molecule is CN=C(NCCCCN(C)C(C)C)NC1CCCCC1.I. The van der Waals surface area contributed by atoms with Crippen LogP contribution in [0.15, 0.2) is 4.99 Å². The van der Waals surface area contributed by atoms with E-state index < -0.39 is 0 Å². The monoisotopic (exact) mass is 410 g/mol. The number of rotatable bonds is 7. The standard InChI is InChI=1S/C16H34N4.HI/c1-14(2)20(4)13-9-8-12-18-16(17-3)19-15-10-6-5-7-11-15;/h14-15H,5-13H2,1-4H3,(H2,17,18,19);1H. The number of aliphatic imine (C=N–C) groups is 1. The summed E-state index contributed by atoms with van der Waals surface area (Å²) in [5.41, 5.74) is 0. The van der Waals surface area contributed by atoms with Crippen molar-refractivity contribution < 1.29 is 0 Å². The first-order valence-corrected chi connectivity index (χ1v) is 8.31. The van der Waals surface area contributed by atoms with Gasteiger partial charge in [0.1, 0.15) is 0 Å². The predicted molar refractivity (Wildman–Crippen MR) is 104 cm³/mol. The summed E-state index contributed by atoms with van der Waals surface area (Å²) in [7, 11) is 4.06. The van der Waals surface area contributed by atoms with E-state index in [1.807, 2.05) is 7.05 Å². The lowest BCUT2D eigenvalue weighted by Gasteiger charge is -2.25. The highest BCUT2D eigenvalue weighted by atomic mass is 127. The van der Waals surface area contributed by atoms with Crippen molar-refractivity contribution in [1.29, 1.82) is 0 Å². The zero-order chi connectivity index (χ0) is 14.8. The van der Waals surface area contributed by atoms with Gasteiger partial charge in [0.25, 0.3) is 0 Å². The van der Waals surface area contributed by atoms with Crippen molar-refractivity contribution in [2.75, 3.05) is 27.2 Å². The van der Waals surface area contributed by atoms with Crippen molar-refractivity contribution >= 4 is 29.9 Å². The molecule has 0 spiro atoms. The van der Waals surface area contributed by atoms with Gasteiger partial charge in [0.05, 0.1) is 0 Å². The molecule has 126 valence electrons. The van der Waals surface area contributed by atoms with Crippen LogP contribution in [-0.4, -0.2) is 50.1 Å². The quantitative estimate of drug-likeness (QED) is 0.293. The summed E-state index contributed by atoms with van der Waals surface area (Å²) in [5.74, 6) is 0.981. The van der Waals surface area contributed by atoms with Crippen LogP contribution in [0.2, 0.25) is 0 Å². The van der Waals surface area contributed by atoms with Crippen molar-refractivity contribution in [3.63, 3.8) is 0 Å². The van der Waals surface area contributed by atoms with E-state index in [1.165, 1.54) is 51.5 Å². The van der Waals surface area contributed by atoms with Crippen LogP contribution in [0.5, 0.6) is 0 Å². The van der Waals surface area contributed by atoms with Gasteiger partial charge in [-0.1, -0.05) is 19.3 Å². The van der Waals surface area contributed by atoms with Crippen LogP contribution in [0.1, 0.15) is 58.8 Å². The first kappa shape index (κ1) is 21.0. The lowest BCUT2D eigenvalue weighted by molar-refractivity contribution is 0.268. The van der Waals surface area contributed by atoms with Crippen LogP contribution in [0.4, 0.5) is 0 Å². The van der Waals surface area contributed by atoms with Crippen molar-refractivity contribution in [2.24, 2.45) is 4.99 Å². The largest absolute Gasteiger partial charge is 0.356 e. The van der Waals surface area contributed by atoms with Gasteiger partial charge >= 0.3 is 0 Å². The minimum atomic E-state index is 0. The summed E-state index contributed by atoms with van der Waals surface area (Å²) in [6.45, 7) is 6.68. The van der Waals surface area contributed by atoms with E-state index in [-0.39, 0.29) is 24.0 Å². The molecule has 5 heteroatoms. The number of nitrogens with zero attached hydrogens (tertiary/aromatic N) is 2. The van der Waals surface area contributed by atoms with Crippen LogP contribution in [0.3, 0.4) is 0 Å². The van der Waals surface area contributed by atoms with Crippen LogP contribution < -0.4 is 10.6 Å². The molecule has 0 aliphatic heterocycles. The average molecular weight is 410 g/mol. The van der Waals surface area contributed by atoms with E-state index in [0.717, 1.165) is 12.5 Å². The summed E-state index contributed by atoms with van der Waals surface area (Å²) in [5, 5.41) is 6.99. The molecule has 0 amide bonds. The first-order chi connectivity index (χ1) is 9.63. The molecule has 1 aliphatic carbocycles. The number of unbranched alkanes of at least 4 members (excludes halogenated alkanes) is 1. The van der Waals surface area contributed by atoms with Gasteiger partial charge in [0.15, 0.2) is 5.96 Å². The molecule has 0 unspecified atom stereocenters. The number of hydrogen-bond acceptors (Lipinski definition) is 2. The summed E-state index contributed by atoms with van der Waals surface area (Å²) in [4.78, 5) is 6.73. The molecule has 2 N–H and O–H groups in total. The molecule has 1 fully saturated rings. The number of halogens is 1. The summed E-state index contributed by atoms with van der Waals surface area (Å²) in [6.07, 6.45) is 9.13. The summed E-state index contributed by atoms with van der Waals surface area (Å²) in [6, 6.07) is 1.27. The lowest BCUT2D eigenvalue weighted by atomic mass is 9.96. The van der Waals surface area contributed by atoms with Crippen LogP contribution in [-0.2, 0) is 0 Å². The van der Waals surface area contributed by atoms with Gasteiger partial charge in [-0.3, -0.25) is 4.99 Å². The second kappa shape index (κ2) is 12.5. The Morgan fingerprint density at radius 3 is 2.43 bits per heavy atom. The second-order valence-electron chi connectivity index (χ2n) is 6.26. The Kier molecular flexibility index (Phi) is 12.5. The molecule has 0 heterocycles. The van der Waals surface area contributed by atoms with Crippen LogP contribution in [0.25, 0.3) is 0 Å². The summed E-state index contributed by atoms with van der Waals surface area (Å²) < 4.78 is 0. The Bertz CT molecular complexity index is 275. The van der Waals surface area contributed by atoms with Gasteiger partial charge in [0.2, 0.25) is 0 Å². The zero-order valence-corrected chi connectivity index (χ0v) is 16.7. The van der Waals surface area contributed by atoms with Crippen molar-refractivity contribution in [3.05, 3.63) is 0 Å². The number of hydrogen-bond donors (Lipinski definition) is 2. The molecule has 0 aromatic carbocycles. The van der Waals surface area contributed by atoms with E-state index in [2.05, 4.69) is 41.4 Å². The highest BCUT2D eigenvalue weighted by Gasteiger charge is 2.14. The topological polar surface area (TPSA) is 39.7 Å². The lowest BCUT2D eigenvalue weighted by Crippen LogP contribution is -2.44. The third-order valence-electron chi connectivity index (χ3n) is 4.28. The first-order valence-electron chi connectivity index (χ1n) is 8.31. The van der Waals surface area contributed by atoms with E-state index in [4.69, 9.17) is 0 Å². The molecular weight excluding hydrogens is 375 g/mol. The third-order valence-corrected chi connectivity index (χ3v) is 4.28. The smallest absolute Gasteiger partial charge is 0.191 e. The van der Waals surface area contributed by atoms with Gasteiger partial charge < -0.3 is 15.5 Å². The van der Waals surface area contributed by atoms with E-state index in [1.54, 1.807) is 0 Å². The van der Waals surface area contributed by atoms with E-state index >= 15 is 0 Å². The van der Waals surface area contributed by atoms with Gasteiger partial charge in [-0.2, -0.15) is 0 Å². The fourth-order valence-corrected chi connectivity index (χ4v) is 2.59. The third kappa shape index (κ3) is 9.55. The van der Waals surface area contributed by atoms with Gasteiger partial charge in [-0.25, -0.2) is 0 Å². The molecule has 0 bridgehead atoms. The second-order valence-corrected chi connectivity index (χ2v) is 6.26. The van der Waals surface area contributed by atoms with Crippen molar-refractivity contribution in [1.82, 2.24) is 15.5 Å². The van der Waals surface area contributed by atoms with Gasteiger partial charge in [-0.15, -0.1) is 24.0 Å². The molecule has 1 saturated carbocycles. The fraction of sp³-hybridized carbons (Fsp3) is 0.938. The Hall–Kier alpha value is -0.0400. The fourth-order valence-electron chi connectivity index (χ4n) is 2.59. The van der Waals surface area contributed by atoms with Crippen molar-refractivity contribution in [3.8, 4) is 0 Å². The molecular formula is C16H35IN4. The Labute approximate surface area is 148 Å². The molecule has 1 aliphatic rings. The van der Waals surface area contributed by atoms with Crippen LogP contribution in [0, 0.1) is 0 Å². The molecule has 0 aromatic heterocycles. The molecule has 21 heavy (non-hydrogen) atoms. The molecule has 0 radical (unpaired) electrons. The highest BCUT2D eigenvalue weighted by molar-refractivity contribution is 14.0.